The second-order valence-corrected chi connectivity index (χ2v) is 8.42. The van der Waals surface area contributed by atoms with Crippen molar-refractivity contribution in [3.05, 3.63) is 82.5 Å². The molecule has 0 radical (unpaired) electrons. The van der Waals surface area contributed by atoms with E-state index < -0.39 is 0 Å². The van der Waals surface area contributed by atoms with Gasteiger partial charge in [-0.25, -0.2) is 4.68 Å². The summed E-state index contributed by atoms with van der Waals surface area (Å²) in [5.74, 6) is 1.59. The average molecular weight is 460 g/mol. The summed E-state index contributed by atoms with van der Waals surface area (Å²) >= 11 is 1.51. The molecule has 0 unspecified atom stereocenters. The van der Waals surface area contributed by atoms with Crippen molar-refractivity contribution in [2.75, 3.05) is 20.8 Å². The van der Waals surface area contributed by atoms with E-state index in [0.717, 1.165) is 38.2 Å². The minimum atomic E-state index is 0.122. The second kappa shape index (κ2) is 9.75. The van der Waals surface area contributed by atoms with Gasteiger partial charge in [-0.15, -0.1) is 11.3 Å². The highest BCUT2D eigenvalue weighted by atomic mass is 32.1. The fourth-order valence-corrected chi connectivity index (χ4v) is 4.15. The van der Waals surface area contributed by atoms with E-state index in [1.165, 1.54) is 11.3 Å². The standard InChI is InChI=1S/C26H25N3O3S/c1-17(2)14-27-26-29(28-15-21-13-23(32-4)9-10-25(21)30)24(16-33-26)20-6-5-19-12-22(31-3)8-7-18(19)11-20/h5-13,15-16,30H,1,14H2,2-4H3. The number of methoxy groups -OCH3 is 2. The predicted octanol–water partition coefficient (Wildman–Crippen LogP) is 5.45. The number of hydrogen-bond donors (Lipinski definition) is 1. The molecule has 1 aromatic heterocycles. The number of aromatic hydroxyl groups is 1. The van der Waals surface area contributed by atoms with Gasteiger partial charge in [-0.05, 0) is 54.1 Å². The molecule has 0 atom stereocenters. The van der Waals surface area contributed by atoms with Crippen LogP contribution in [0.2, 0.25) is 0 Å². The fourth-order valence-electron chi connectivity index (χ4n) is 3.31. The van der Waals surface area contributed by atoms with Crippen LogP contribution >= 0.6 is 11.3 Å². The van der Waals surface area contributed by atoms with Crippen LogP contribution in [0.5, 0.6) is 17.2 Å². The van der Waals surface area contributed by atoms with Crippen molar-refractivity contribution < 1.29 is 14.6 Å². The maximum atomic E-state index is 10.3. The van der Waals surface area contributed by atoms with Crippen molar-refractivity contribution in [3.63, 3.8) is 0 Å². The average Bonchev–Trinajstić information content (AvgIpc) is 3.24. The molecule has 1 N–H and O–H groups in total. The molecule has 0 spiro atoms. The molecule has 33 heavy (non-hydrogen) atoms. The Bertz CT molecular complexity index is 1420. The van der Waals surface area contributed by atoms with Crippen LogP contribution in [-0.4, -0.2) is 36.8 Å². The zero-order valence-electron chi connectivity index (χ0n) is 18.8. The molecule has 168 valence electrons. The van der Waals surface area contributed by atoms with E-state index in [1.54, 1.807) is 43.3 Å². The molecule has 0 aliphatic heterocycles. The molecule has 4 aromatic rings. The molecular formula is C26H25N3O3S. The predicted molar refractivity (Wildman–Crippen MR) is 135 cm³/mol. The summed E-state index contributed by atoms with van der Waals surface area (Å²) in [7, 11) is 3.25. The van der Waals surface area contributed by atoms with Crippen LogP contribution in [-0.2, 0) is 0 Å². The summed E-state index contributed by atoms with van der Waals surface area (Å²) in [6.45, 7) is 6.40. The molecule has 1 heterocycles. The number of hydrogen-bond acceptors (Lipinski definition) is 6. The number of thiazole rings is 1. The first-order valence-corrected chi connectivity index (χ1v) is 11.2. The van der Waals surface area contributed by atoms with Crippen LogP contribution in [0.4, 0.5) is 0 Å². The highest BCUT2D eigenvalue weighted by Gasteiger charge is 2.10. The lowest BCUT2D eigenvalue weighted by Gasteiger charge is -2.07. The van der Waals surface area contributed by atoms with Gasteiger partial charge in [-0.2, -0.15) is 5.10 Å². The van der Waals surface area contributed by atoms with Gasteiger partial charge in [0.2, 0.25) is 4.80 Å². The number of ether oxygens (including phenoxy) is 2. The molecule has 7 heteroatoms. The van der Waals surface area contributed by atoms with Gasteiger partial charge in [-0.1, -0.05) is 30.4 Å². The van der Waals surface area contributed by atoms with Gasteiger partial charge in [-0.3, -0.25) is 4.99 Å². The Morgan fingerprint density at radius 1 is 1.03 bits per heavy atom. The zero-order valence-corrected chi connectivity index (χ0v) is 19.6. The molecule has 6 nitrogen and oxygen atoms in total. The topological polar surface area (TPSA) is 68.3 Å². The smallest absolute Gasteiger partial charge is 0.206 e. The Morgan fingerprint density at radius 3 is 2.48 bits per heavy atom. The largest absolute Gasteiger partial charge is 0.507 e. The van der Waals surface area contributed by atoms with Crippen molar-refractivity contribution in [3.8, 4) is 28.5 Å². The third-order valence-corrected chi connectivity index (χ3v) is 5.91. The van der Waals surface area contributed by atoms with Crippen LogP contribution in [0, 0.1) is 0 Å². The van der Waals surface area contributed by atoms with E-state index in [-0.39, 0.29) is 5.75 Å². The second-order valence-electron chi connectivity index (χ2n) is 7.59. The van der Waals surface area contributed by atoms with E-state index in [4.69, 9.17) is 9.47 Å². The summed E-state index contributed by atoms with van der Waals surface area (Å²) in [6.07, 6.45) is 1.61. The number of rotatable bonds is 7. The molecule has 0 saturated carbocycles. The minimum Gasteiger partial charge on any atom is -0.507 e. The van der Waals surface area contributed by atoms with Gasteiger partial charge >= 0.3 is 0 Å². The highest BCUT2D eigenvalue weighted by Crippen LogP contribution is 2.28. The number of nitrogens with zero attached hydrogens (tertiary/aromatic N) is 3. The van der Waals surface area contributed by atoms with Crippen molar-refractivity contribution in [2.45, 2.75) is 6.92 Å². The maximum Gasteiger partial charge on any atom is 0.206 e. The van der Waals surface area contributed by atoms with Gasteiger partial charge in [0.15, 0.2) is 0 Å². The maximum absolute atomic E-state index is 10.3. The lowest BCUT2D eigenvalue weighted by atomic mass is 10.1. The fraction of sp³-hybridized carbons (Fsp3) is 0.154. The van der Waals surface area contributed by atoms with Gasteiger partial charge in [0.05, 0.1) is 32.7 Å². The normalized spacial score (nSPS) is 11.9. The molecule has 0 aliphatic rings. The van der Waals surface area contributed by atoms with Crippen LogP contribution < -0.4 is 14.3 Å². The van der Waals surface area contributed by atoms with Crippen molar-refractivity contribution >= 4 is 28.3 Å². The first-order valence-electron chi connectivity index (χ1n) is 10.3. The molecular weight excluding hydrogens is 434 g/mol. The molecule has 0 aliphatic carbocycles. The summed E-state index contributed by atoms with van der Waals surface area (Å²) in [4.78, 5) is 5.41. The molecule has 0 fully saturated rings. The van der Waals surface area contributed by atoms with E-state index in [9.17, 15) is 5.11 Å². The van der Waals surface area contributed by atoms with Crippen LogP contribution in [0.1, 0.15) is 12.5 Å². The molecule has 3 aromatic carbocycles. The zero-order chi connectivity index (χ0) is 23.4. The Kier molecular flexibility index (Phi) is 6.60. The third kappa shape index (κ3) is 4.99. The quantitative estimate of drug-likeness (QED) is 0.295. The van der Waals surface area contributed by atoms with Crippen molar-refractivity contribution in [1.29, 1.82) is 0 Å². The molecule has 4 rings (SSSR count). The van der Waals surface area contributed by atoms with Crippen LogP contribution in [0.25, 0.3) is 22.0 Å². The number of aromatic nitrogens is 1. The van der Waals surface area contributed by atoms with Gasteiger partial charge in [0.25, 0.3) is 0 Å². The summed E-state index contributed by atoms with van der Waals surface area (Å²) in [5.41, 5.74) is 3.42. The van der Waals surface area contributed by atoms with Crippen molar-refractivity contribution in [2.24, 2.45) is 10.1 Å². The van der Waals surface area contributed by atoms with Crippen LogP contribution in [0.3, 0.4) is 0 Å². The Morgan fingerprint density at radius 2 is 1.73 bits per heavy atom. The molecule has 0 amide bonds. The first kappa shape index (κ1) is 22.4. The first-order chi connectivity index (χ1) is 16.0. The highest BCUT2D eigenvalue weighted by molar-refractivity contribution is 7.07. The summed E-state index contributed by atoms with van der Waals surface area (Å²) in [5, 5.41) is 19.2. The van der Waals surface area contributed by atoms with E-state index in [0.29, 0.717) is 17.9 Å². The number of benzene rings is 3. The Hall–Kier alpha value is -3.84. The Labute approximate surface area is 196 Å². The van der Waals surface area contributed by atoms with E-state index >= 15 is 0 Å². The monoisotopic (exact) mass is 459 g/mol. The molecule has 0 bridgehead atoms. The van der Waals surface area contributed by atoms with E-state index in [2.05, 4.69) is 34.9 Å². The van der Waals surface area contributed by atoms with Crippen molar-refractivity contribution in [1.82, 2.24) is 4.68 Å². The number of phenols is 1. The Balaban J connectivity index is 1.82. The van der Waals surface area contributed by atoms with Gasteiger partial charge in [0.1, 0.15) is 17.2 Å². The van der Waals surface area contributed by atoms with E-state index in [1.807, 2.05) is 30.5 Å². The lowest BCUT2D eigenvalue weighted by Crippen LogP contribution is -2.13. The third-order valence-electron chi connectivity index (χ3n) is 5.06. The summed E-state index contributed by atoms with van der Waals surface area (Å²) in [6, 6.07) is 17.3. The SMILES string of the molecule is C=C(C)CN=c1scc(-c2ccc3cc(OC)ccc3c2)n1N=Cc1cc(OC)ccc1O. The van der Waals surface area contributed by atoms with Crippen LogP contribution in [0.15, 0.2) is 82.2 Å². The lowest BCUT2D eigenvalue weighted by molar-refractivity contribution is 0.412. The molecule has 0 saturated heterocycles. The minimum absolute atomic E-state index is 0.122. The van der Waals surface area contributed by atoms with Gasteiger partial charge < -0.3 is 14.6 Å². The number of fused-ring (bicyclic) bond motifs is 1. The number of phenolic OH excluding ortho intramolecular Hbond substituents is 1. The summed E-state index contributed by atoms with van der Waals surface area (Å²) < 4.78 is 12.4. The van der Waals surface area contributed by atoms with Gasteiger partial charge in [0, 0.05) is 16.5 Å².